The molecule has 0 radical (unpaired) electrons. The predicted octanol–water partition coefficient (Wildman–Crippen LogP) is 3.45. The average Bonchev–Trinajstić information content (AvgIpc) is 2.23. The van der Waals surface area contributed by atoms with Gasteiger partial charge in [0.1, 0.15) is 5.75 Å². The van der Waals surface area contributed by atoms with Crippen LogP contribution >= 0.6 is 0 Å². The van der Waals surface area contributed by atoms with Crippen LogP contribution in [-0.2, 0) is 0 Å². The zero-order chi connectivity index (χ0) is 9.97. The minimum Gasteiger partial charge on any atom is -0.462 e. The highest BCUT2D eigenvalue weighted by molar-refractivity contribution is 5.89. The largest absolute Gasteiger partial charge is 0.462 e. The first kappa shape index (κ1) is 9.00. The quantitative estimate of drug-likeness (QED) is 0.704. The summed E-state index contributed by atoms with van der Waals surface area (Å²) in [6.45, 7) is 1.13. The molecule has 0 bridgehead atoms. The fourth-order valence-corrected chi connectivity index (χ4v) is 1.60. The van der Waals surface area contributed by atoms with Crippen molar-refractivity contribution in [3.05, 3.63) is 42.0 Å². The van der Waals surface area contributed by atoms with E-state index in [2.05, 4.69) is 0 Å². The van der Waals surface area contributed by atoms with Crippen LogP contribution in [0.3, 0.4) is 0 Å². The van der Waals surface area contributed by atoms with E-state index in [-0.39, 0.29) is 0 Å². The highest BCUT2D eigenvalue weighted by atomic mass is 19.1. The van der Waals surface area contributed by atoms with Gasteiger partial charge < -0.3 is 4.74 Å². The highest BCUT2D eigenvalue weighted by Crippen LogP contribution is 2.29. The molecule has 0 aromatic heterocycles. The van der Waals surface area contributed by atoms with Crippen molar-refractivity contribution in [1.82, 2.24) is 0 Å². The lowest BCUT2D eigenvalue weighted by Crippen LogP contribution is -1.93. The predicted molar refractivity (Wildman–Crippen MR) is 55.3 cm³/mol. The second kappa shape index (κ2) is 3.66. The molecule has 72 valence electrons. The van der Waals surface area contributed by atoms with Crippen molar-refractivity contribution in [3.8, 4) is 5.75 Å². The van der Waals surface area contributed by atoms with Gasteiger partial charge in [0, 0.05) is 5.39 Å². The molecule has 2 rings (SSSR count). The van der Waals surface area contributed by atoms with E-state index in [1.54, 1.807) is 0 Å². The number of hydrogen-bond acceptors (Lipinski definition) is 1. The molecule has 0 N–H and O–H groups in total. The van der Waals surface area contributed by atoms with Crippen molar-refractivity contribution in [3.63, 3.8) is 0 Å². The van der Waals surface area contributed by atoms with E-state index in [9.17, 15) is 4.39 Å². The van der Waals surface area contributed by atoms with Crippen molar-refractivity contribution >= 4 is 10.8 Å². The van der Waals surface area contributed by atoms with Crippen LogP contribution in [0.15, 0.2) is 36.4 Å². The Morgan fingerprint density at radius 2 is 1.93 bits per heavy atom. The summed E-state index contributed by atoms with van der Waals surface area (Å²) in [5, 5.41) is 2.03. The third kappa shape index (κ3) is 1.43. The van der Waals surface area contributed by atoms with E-state index in [0.29, 0.717) is 5.75 Å². The SMILES string of the molecule is Cc1ccc2ccccc2c1OCF. The zero-order valence-electron chi connectivity index (χ0n) is 7.96. The second-order valence-electron chi connectivity index (χ2n) is 3.19. The molecule has 0 aliphatic rings. The van der Waals surface area contributed by atoms with E-state index >= 15 is 0 Å². The van der Waals surface area contributed by atoms with Crippen LogP contribution in [0.25, 0.3) is 10.8 Å². The van der Waals surface area contributed by atoms with Crippen LogP contribution in [0, 0.1) is 6.92 Å². The molecule has 0 atom stereocenters. The van der Waals surface area contributed by atoms with Gasteiger partial charge in [0.15, 0.2) is 0 Å². The maximum atomic E-state index is 12.2. The molecule has 2 heteroatoms. The Kier molecular flexibility index (Phi) is 2.35. The Labute approximate surface area is 82.1 Å². The Hall–Kier alpha value is -1.57. The second-order valence-corrected chi connectivity index (χ2v) is 3.19. The van der Waals surface area contributed by atoms with Crippen LogP contribution in [0.4, 0.5) is 4.39 Å². The standard InChI is InChI=1S/C12H11FO/c1-9-6-7-10-4-2-3-5-11(10)12(9)14-8-13/h2-7H,8H2,1H3. The molecule has 0 amide bonds. The maximum Gasteiger partial charge on any atom is 0.228 e. The summed E-state index contributed by atoms with van der Waals surface area (Å²) in [4.78, 5) is 0. The van der Waals surface area contributed by atoms with Gasteiger partial charge in [-0.05, 0) is 17.9 Å². The summed E-state index contributed by atoms with van der Waals surface area (Å²) in [7, 11) is 0. The van der Waals surface area contributed by atoms with Gasteiger partial charge in [0.05, 0.1) is 0 Å². The molecule has 0 aliphatic heterocycles. The number of hydrogen-bond donors (Lipinski definition) is 0. The van der Waals surface area contributed by atoms with Crippen LogP contribution in [-0.4, -0.2) is 6.86 Å². The van der Waals surface area contributed by atoms with Crippen molar-refractivity contribution in [1.29, 1.82) is 0 Å². The summed E-state index contributed by atoms with van der Waals surface area (Å²) in [5.41, 5.74) is 0.960. The first-order valence-corrected chi connectivity index (χ1v) is 4.50. The number of halogens is 1. The molecule has 14 heavy (non-hydrogen) atoms. The molecule has 2 aromatic carbocycles. The molecule has 0 unspecified atom stereocenters. The lowest BCUT2D eigenvalue weighted by molar-refractivity contribution is 0.193. The number of benzene rings is 2. The number of ether oxygens (including phenoxy) is 1. The van der Waals surface area contributed by atoms with Crippen LogP contribution in [0.2, 0.25) is 0 Å². The Morgan fingerprint density at radius 1 is 1.14 bits per heavy atom. The van der Waals surface area contributed by atoms with Gasteiger partial charge in [0.2, 0.25) is 6.86 Å². The Balaban J connectivity index is 2.69. The van der Waals surface area contributed by atoms with Gasteiger partial charge in [-0.3, -0.25) is 0 Å². The van der Waals surface area contributed by atoms with Crippen LogP contribution in [0.1, 0.15) is 5.56 Å². The number of rotatable bonds is 2. The molecule has 0 spiro atoms. The molecule has 0 aliphatic carbocycles. The Morgan fingerprint density at radius 3 is 2.71 bits per heavy atom. The highest BCUT2D eigenvalue weighted by Gasteiger charge is 2.04. The first-order chi connectivity index (χ1) is 6.83. The molecule has 0 fully saturated rings. The van der Waals surface area contributed by atoms with Gasteiger partial charge >= 0.3 is 0 Å². The average molecular weight is 190 g/mol. The summed E-state index contributed by atoms with van der Waals surface area (Å²) in [6, 6.07) is 11.8. The molecular weight excluding hydrogens is 179 g/mol. The van der Waals surface area contributed by atoms with Crippen LogP contribution in [0.5, 0.6) is 5.75 Å². The molecule has 0 saturated carbocycles. The minimum absolute atomic E-state index is 0.644. The summed E-state index contributed by atoms with van der Waals surface area (Å²) in [5.74, 6) is 0.644. The molecular formula is C12H11FO. The normalized spacial score (nSPS) is 10.4. The monoisotopic (exact) mass is 190 g/mol. The van der Waals surface area contributed by atoms with Crippen LogP contribution < -0.4 is 4.74 Å². The maximum absolute atomic E-state index is 12.2. The van der Waals surface area contributed by atoms with Crippen molar-refractivity contribution in [2.45, 2.75) is 6.92 Å². The molecule has 2 aromatic rings. The van der Waals surface area contributed by atoms with Gasteiger partial charge in [-0.15, -0.1) is 0 Å². The third-order valence-electron chi connectivity index (χ3n) is 2.28. The minimum atomic E-state index is -0.783. The van der Waals surface area contributed by atoms with Crippen molar-refractivity contribution in [2.24, 2.45) is 0 Å². The molecule has 0 saturated heterocycles. The van der Waals surface area contributed by atoms with Crippen molar-refractivity contribution < 1.29 is 9.13 Å². The number of aryl methyl sites for hydroxylation is 1. The zero-order valence-corrected chi connectivity index (χ0v) is 7.96. The summed E-state index contributed by atoms with van der Waals surface area (Å²) in [6.07, 6.45) is 0. The fraction of sp³-hybridized carbons (Fsp3) is 0.167. The van der Waals surface area contributed by atoms with E-state index in [1.807, 2.05) is 43.3 Å². The molecule has 1 nitrogen and oxygen atoms in total. The number of fused-ring (bicyclic) bond motifs is 1. The van der Waals surface area contributed by atoms with Gasteiger partial charge in [-0.2, -0.15) is 0 Å². The Bertz CT molecular complexity index is 451. The first-order valence-electron chi connectivity index (χ1n) is 4.50. The van der Waals surface area contributed by atoms with Gasteiger partial charge in [-0.1, -0.05) is 36.4 Å². The van der Waals surface area contributed by atoms with E-state index < -0.39 is 6.86 Å². The van der Waals surface area contributed by atoms with Gasteiger partial charge in [0.25, 0.3) is 0 Å². The third-order valence-corrected chi connectivity index (χ3v) is 2.28. The van der Waals surface area contributed by atoms with Gasteiger partial charge in [-0.25, -0.2) is 4.39 Å². The van der Waals surface area contributed by atoms with E-state index in [1.165, 1.54) is 0 Å². The topological polar surface area (TPSA) is 9.23 Å². The van der Waals surface area contributed by atoms with Crippen molar-refractivity contribution in [2.75, 3.05) is 6.86 Å². The van der Waals surface area contributed by atoms with E-state index in [4.69, 9.17) is 4.74 Å². The summed E-state index contributed by atoms with van der Waals surface area (Å²) >= 11 is 0. The smallest absolute Gasteiger partial charge is 0.228 e. The van der Waals surface area contributed by atoms with E-state index in [0.717, 1.165) is 16.3 Å². The summed E-state index contributed by atoms with van der Waals surface area (Å²) < 4.78 is 17.1. The lowest BCUT2D eigenvalue weighted by atomic mass is 10.1. The lowest BCUT2D eigenvalue weighted by Gasteiger charge is -2.08. The fourth-order valence-electron chi connectivity index (χ4n) is 1.60. The molecule has 0 heterocycles. The number of alkyl halides is 1.